The average molecular weight is 431 g/mol. The molecule has 2 bridgehead atoms. The van der Waals surface area contributed by atoms with E-state index >= 15 is 0 Å². The third-order valence-electron chi connectivity index (χ3n) is 11.6. The van der Waals surface area contributed by atoms with E-state index in [4.69, 9.17) is 9.78 Å². The Morgan fingerprint density at radius 1 is 0.839 bits per heavy atom. The molecule has 2 saturated heterocycles. The van der Waals surface area contributed by atoms with E-state index in [9.17, 15) is 5.11 Å². The lowest BCUT2D eigenvalue weighted by Crippen LogP contribution is -2.75. The Balaban J connectivity index is 1.42. The quantitative estimate of drug-likeness (QED) is 0.398. The highest BCUT2D eigenvalue weighted by atomic mass is 17.2. The minimum atomic E-state index is -0.258. The van der Waals surface area contributed by atoms with Crippen LogP contribution in [0.5, 0.6) is 0 Å². The number of aliphatic hydroxyl groups excluding tert-OH is 1. The van der Waals surface area contributed by atoms with Gasteiger partial charge in [-0.3, -0.25) is 0 Å². The molecular weight excluding hydrogens is 384 g/mol. The summed E-state index contributed by atoms with van der Waals surface area (Å²) >= 11 is 0. The molecule has 176 valence electrons. The molecule has 2 spiro atoms. The average Bonchev–Trinajstić information content (AvgIpc) is 3.09. The van der Waals surface area contributed by atoms with Gasteiger partial charge >= 0.3 is 0 Å². The van der Waals surface area contributed by atoms with Gasteiger partial charge < -0.3 is 5.11 Å². The third-order valence-corrected chi connectivity index (χ3v) is 11.6. The molecule has 0 aromatic rings. The summed E-state index contributed by atoms with van der Waals surface area (Å²) in [5.74, 6) is 3.89. The zero-order valence-corrected chi connectivity index (χ0v) is 20.8. The maximum absolute atomic E-state index is 10.4. The van der Waals surface area contributed by atoms with Gasteiger partial charge in [-0.2, -0.15) is 0 Å². The van der Waals surface area contributed by atoms with Crippen molar-refractivity contribution in [1.29, 1.82) is 0 Å². The van der Waals surface area contributed by atoms with Crippen LogP contribution in [0.4, 0.5) is 0 Å². The van der Waals surface area contributed by atoms with Crippen LogP contribution in [0.3, 0.4) is 0 Å². The van der Waals surface area contributed by atoms with E-state index in [2.05, 4.69) is 53.7 Å². The second-order valence-corrected chi connectivity index (χ2v) is 13.1. The van der Waals surface area contributed by atoms with Gasteiger partial charge in [-0.05, 0) is 92.3 Å². The first kappa shape index (κ1) is 22.4. The van der Waals surface area contributed by atoms with Gasteiger partial charge in [-0.1, -0.05) is 53.7 Å². The Hall–Kier alpha value is -0.380. The SMILES string of the molecule is CC(C)[C@H](C)/C=C/[C@H](C)[C@@H]1CC[C@@H]2[C@]1(C)CC[C@H]1[C@]23CC[C@]2(C[C@H](O)CC[C@@]12C)OO3. The lowest BCUT2D eigenvalue weighted by atomic mass is 9.40. The Morgan fingerprint density at radius 2 is 1.61 bits per heavy atom. The van der Waals surface area contributed by atoms with Crippen molar-refractivity contribution >= 4 is 0 Å². The number of fused-ring (bicyclic) bond motifs is 3. The molecule has 6 aliphatic rings. The van der Waals surface area contributed by atoms with Crippen molar-refractivity contribution < 1.29 is 14.9 Å². The number of rotatable bonds is 4. The van der Waals surface area contributed by atoms with E-state index in [1.807, 2.05) is 0 Å². The zero-order valence-electron chi connectivity index (χ0n) is 20.8. The van der Waals surface area contributed by atoms with Crippen LogP contribution in [0.1, 0.15) is 99.3 Å². The molecule has 2 heterocycles. The summed E-state index contributed by atoms with van der Waals surface area (Å²) in [6, 6.07) is 0. The number of aliphatic hydroxyl groups is 1. The summed E-state index contributed by atoms with van der Waals surface area (Å²) in [6.07, 6.45) is 14.9. The topological polar surface area (TPSA) is 38.7 Å². The van der Waals surface area contributed by atoms with Gasteiger partial charge in [0, 0.05) is 11.8 Å². The van der Waals surface area contributed by atoms with E-state index < -0.39 is 0 Å². The maximum Gasteiger partial charge on any atom is 0.112 e. The summed E-state index contributed by atoms with van der Waals surface area (Å²) in [6.45, 7) is 14.5. The van der Waals surface area contributed by atoms with Crippen molar-refractivity contribution in [3.63, 3.8) is 0 Å². The molecule has 0 amide bonds. The Kier molecular flexibility index (Phi) is 5.28. The van der Waals surface area contributed by atoms with Crippen molar-refractivity contribution in [2.24, 2.45) is 46.3 Å². The lowest BCUT2D eigenvalue weighted by molar-refractivity contribution is -0.536. The van der Waals surface area contributed by atoms with Crippen molar-refractivity contribution in [1.82, 2.24) is 0 Å². The fourth-order valence-corrected chi connectivity index (χ4v) is 9.32. The van der Waals surface area contributed by atoms with Crippen LogP contribution in [0, 0.1) is 46.3 Å². The summed E-state index contributed by atoms with van der Waals surface area (Å²) in [5.41, 5.74) is 0.133. The fourth-order valence-electron chi connectivity index (χ4n) is 9.32. The molecule has 0 aromatic heterocycles. The molecule has 10 atom stereocenters. The summed E-state index contributed by atoms with van der Waals surface area (Å²) in [5, 5.41) is 10.4. The molecule has 6 fully saturated rings. The second-order valence-electron chi connectivity index (χ2n) is 13.1. The molecule has 3 heteroatoms. The van der Waals surface area contributed by atoms with Crippen molar-refractivity contribution in [3.05, 3.63) is 12.2 Å². The summed E-state index contributed by atoms with van der Waals surface area (Å²) in [4.78, 5) is 12.9. The predicted octanol–water partition coefficient (Wildman–Crippen LogP) is 6.70. The summed E-state index contributed by atoms with van der Waals surface area (Å²) < 4.78 is 0. The van der Waals surface area contributed by atoms with Crippen LogP contribution in [0.25, 0.3) is 0 Å². The second kappa shape index (κ2) is 7.31. The highest BCUT2D eigenvalue weighted by Gasteiger charge is 2.75. The molecule has 4 saturated carbocycles. The standard InChI is InChI=1S/C28H46O3/c1-18(2)19(3)7-8-20(4)22-9-10-23-25(22,5)13-12-24-26(6)14-11-21(29)17-27(26)15-16-28(23,24)31-30-27/h7-8,18-24,29H,9-17H2,1-6H3/b8-7+/t19-,20+,21-,22+,23-,24-,25-,26+,27-,28+/m1/s1. The molecule has 3 nitrogen and oxygen atoms in total. The molecule has 0 unspecified atom stereocenters. The van der Waals surface area contributed by atoms with Gasteiger partial charge in [-0.25, -0.2) is 9.78 Å². The maximum atomic E-state index is 10.4. The van der Waals surface area contributed by atoms with Gasteiger partial charge in [-0.15, -0.1) is 0 Å². The molecule has 4 aliphatic carbocycles. The van der Waals surface area contributed by atoms with Crippen LogP contribution in [-0.2, 0) is 9.78 Å². The van der Waals surface area contributed by atoms with Gasteiger partial charge in [0.1, 0.15) is 11.2 Å². The van der Waals surface area contributed by atoms with E-state index in [1.165, 1.54) is 25.7 Å². The van der Waals surface area contributed by atoms with Gasteiger partial charge in [0.05, 0.1) is 6.10 Å². The number of hydrogen-bond donors (Lipinski definition) is 1. The Labute approximate surface area is 190 Å². The van der Waals surface area contributed by atoms with Crippen LogP contribution >= 0.6 is 0 Å². The fraction of sp³-hybridized carbons (Fsp3) is 0.929. The predicted molar refractivity (Wildman–Crippen MR) is 124 cm³/mol. The van der Waals surface area contributed by atoms with E-state index in [-0.39, 0.29) is 22.7 Å². The third kappa shape index (κ3) is 2.94. The van der Waals surface area contributed by atoms with Crippen molar-refractivity contribution in [2.75, 3.05) is 0 Å². The van der Waals surface area contributed by atoms with Crippen LogP contribution in [0.2, 0.25) is 0 Å². The first-order valence-corrected chi connectivity index (χ1v) is 13.3. The first-order chi connectivity index (χ1) is 14.6. The minimum absolute atomic E-state index is 0.102. The van der Waals surface area contributed by atoms with E-state index in [0.717, 1.165) is 38.0 Å². The molecule has 0 radical (unpaired) electrons. The van der Waals surface area contributed by atoms with Crippen LogP contribution < -0.4 is 0 Å². The Bertz CT molecular complexity index is 720. The molecule has 2 aliphatic heterocycles. The molecule has 1 N–H and O–H groups in total. The highest BCUT2D eigenvalue weighted by molar-refractivity contribution is 5.23. The van der Waals surface area contributed by atoms with Crippen LogP contribution in [-0.4, -0.2) is 22.4 Å². The lowest BCUT2D eigenvalue weighted by Gasteiger charge is -2.72. The molecular formula is C28H46O3. The molecule has 0 aromatic carbocycles. The van der Waals surface area contributed by atoms with Gasteiger partial charge in [0.25, 0.3) is 0 Å². The largest absolute Gasteiger partial charge is 0.393 e. The van der Waals surface area contributed by atoms with Gasteiger partial charge in [0.15, 0.2) is 0 Å². The normalized spacial score (nSPS) is 53.3. The first-order valence-electron chi connectivity index (χ1n) is 13.3. The number of hydrogen-bond acceptors (Lipinski definition) is 3. The Morgan fingerprint density at radius 3 is 2.29 bits per heavy atom. The molecule has 31 heavy (non-hydrogen) atoms. The van der Waals surface area contributed by atoms with Crippen molar-refractivity contribution in [2.45, 2.75) is 117 Å². The van der Waals surface area contributed by atoms with Crippen molar-refractivity contribution in [3.8, 4) is 0 Å². The number of allylic oxidation sites excluding steroid dienone is 2. The van der Waals surface area contributed by atoms with Crippen LogP contribution in [0.15, 0.2) is 12.2 Å². The zero-order chi connectivity index (χ0) is 22.2. The minimum Gasteiger partial charge on any atom is -0.393 e. The van der Waals surface area contributed by atoms with E-state index in [0.29, 0.717) is 35.0 Å². The summed E-state index contributed by atoms with van der Waals surface area (Å²) in [7, 11) is 0. The monoisotopic (exact) mass is 430 g/mol. The van der Waals surface area contributed by atoms with Gasteiger partial charge in [0.2, 0.25) is 0 Å². The molecule has 6 rings (SSSR count). The smallest absolute Gasteiger partial charge is 0.112 e. The van der Waals surface area contributed by atoms with E-state index in [1.54, 1.807) is 0 Å². The highest BCUT2D eigenvalue weighted by Crippen LogP contribution is 2.74.